The summed E-state index contributed by atoms with van der Waals surface area (Å²) in [4.78, 5) is 16.2. The van der Waals surface area contributed by atoms with E-state index in [0.29, 0.717) is 52.3 Å². The van der Waals surface area contributed by atoms with Crippen LogP contribution in [0.1, 0.15) is 75.5 Å². The van der Waals surface area contributed by atoms with Gasteiger partial charge in [0.15, 0.2) is 11.5 Å². The van der Waals surface area contributed by atoms with Crippen molar-refractivity contribution >= 4 is 28.5 Å². The van der Waals surface area contributed by atoms with Crippen molar-refractivity contribution in [2.75, 3.05) is 18.1 Å². The minimum Gasteiger partial charge on any atom is -0.384 e. The van der Waals surface area contributed by atoms with Crippen LogP contribution in [-0.4, -0.2) is 43.6 Å². The number of halogens is 1. The summed E-state index contributed by atoms with van der Waals surface area (Å²) in [7, 11) is 2.26. The van der Waals surface area contributed by atoms with Crippen LogP contribution in [0.15, 0.2) is 48.7 Å². The molecular weight excluding hydrogens is 477 g/mol. The van der Waals surface area contributed by atoms with Gasteiger partial charge < -0.3 is 16.0 Å². The van der Waals surface area contributed by atoms with E-state index in [9.17, 15) is 0 Å². The minimum atomic E-state index is -0.268. The van der Waals surface area contributed by atoms with Crippen LogP contribution in [0.25, 0.3) is 16.9 Å². The number of hydrogen-bond acceptors (Lipinski definition) is 6. The van der Waals surface area contributed by atoms with Crippen molar-refractivity contribution in [2.45, 2.75) is 76.3 Å². The fraction of sp³-hybridized carbons (Fsp3) is 0.433. The van der Waals surface area contributed by atoms with Crippen LogP contribution in [0.3, 0.4) is 0 Å². The average Bonchev–Trinajstić information content (AvgIpc) is 3.66. The number of aromatic nitrogens is 4. The normalized spacial score (nSPS) is 20.7. The highest BCUT2D eigenvalue weighted by atomic mass is 19.1. The summed E-state index contributed by atoms with van der Waals surface area (Å²) in [5.74, 6) is 1.81. The number of benzene rings is 1. The van der Waals surface area contributed by atoms with Gasteiger partial charge in [-0.25, -0.2) is 14.4 Å². The van der Waals surface area contributed by atoms with Crippen molar-refractivity contribution in [2.24, 2.45) is 0 Å². The highest BCUT2D eigenvalue weighted by molar-refractivity contribution is 5.81. The lowest BCUT2D eigenvalue weighted by atomic mass is 9.89. The van der Waals surface area contributed by atoms with Crippen LogP contribution in [0.5, 0.6) is 0 Å². The van der Waals surface area contributed by atoms with Gasteiger partial charge in [-0.2, -0.15) is 4.98 Å². The van der Waals surface area contributed by atoms with E-state index in [-0.39, 0.29) is 11.7 Å². The monoisotopic (exact) mass is 513 g/mol. The maximum Gasteiger partial charge on any atom is 0.229 e. The molecule has 6 rings (SSSR count). The van der Waals surface area contributed by atoms with E-state index in [1.807, 2.05) is 12.1 Å². The Morgan fingerprint density at radius 3 is 2.53 bits per heavy atom. The number of anilines is 3. The van der Waals surface area contributed by atoms with E-state index < -0.39 is 0 Å². The second-order valence-electron chi connectivity index (χ2n) is 11.0. The van der Waals surface area contributed by atoms with Crippen LogP contribution in [0.4, 0.5) is 21.8 Å². The quantitative estimate of drug-likeness (QED) is 0.279. The largest absolute Gasteiger partial charge is 0.384 e. The molecule has 1 aromatic carbocycles. The Labute approximate surface area is 223 Å². The fourth-order valence-corrected chi connectivity index (χ4v) is 5.94. The average molecular weight is 514 g/mol. The van der Waals surface area contributed by atoms with Crippen LogP contribution in [-0.2, 0) is 0 Å². The first-order valence-electron chi connectivity index (χ1n) is 13.8. The van der Waals surface area contributed by atoms with Gasteiger partial charge in [0.25, 0.3) is 0 Å². The molecule has 38 heavy (non-hydrogen) atoms. The molecule has 1 saturated carbocycles. The van der Waals surface area contributed by atoms with Crippen molar-refractivity contribution in [3.05, 3.63) is 65.7 Å². The molecule has 2 fully saturated rings. The lowest BCUT2D eigenvalue weighted by molar-refractivity contribution is 0.232. The minimum absolute atomic E-state index is 0.162. The molecule has 2 aliphatic rings. The Balaban J connectivity index is 1.26. The molecule has 8 heteroatoms. The number of nitrogens with two attached hydrogens (primary N) is 1. The number of fused-ring (bicyclic) bond motifs is 1. The van der Waals surface area contributed by atoms with Crippen molar-refractivity contribution in [1.82, 2.24) is 24.4 Å². The molecule has 1 aliphatic carbocycles. The first kappa shape index (κ1) is 24.8. The molecule has 3 aromatic heterocycles. The van der Waals surface area contributed by atoms with Gasteiger partial charge in [0.1, 0.15) is 11.6 Å². The summed E-state index contributed by atoms with van der Waals surface area (Å²) in [5, 5.41) is 3.72. The number of pyridine rings is 1. The Morgan fingerprint density at radius 2 is 1.87 bits per heavy atom. The van der Waals surface area contributed by atoms with E-state index in [0.717, 1.165) is 24.9 Å². The van der Waals surface area contributed by atoms with Crippen molar-refractivity contribution in [1.29, 1.82) is 0 Å². The maximum absolute atomic E-state index is 15.5. The van der Waals surface area contributed by atoms with Crippen molar-refractivity contribution in [3.8, 4) is 5.82 Å². The number of hydrogen-bond donors (Lipinski definition) is 2. The predicted molar refractivity (Wildman–Crippen MR) is 151 cm³/mol. The summed E-state index contributed by atoms with van der Waals surface area (Å²) >= 11 is 0. The van der Waals surface area contributed by atoms with Crippen LogP contribution in [0, 0.1) is 5.82 Å². The predicted octanol–water partition coefficient (Wildman–Crippen LogP) is 6.52. The molecule has 0 amide bonds. The molecule has 4 heterocycles. The van der Waals surface area contributed by atoms with Crippen molar-refractivity contribution in [3.63, 3.8) is 0 Å². The molecule has 1 saturated heterocycles. The maximum atomic E-state index is 15.5. The molecule has 0 spiro atoms. The number of nitrogen functional groups attached to an aromatic ring is 1. The van der Waals surface area contributed by atoms with Gasteiger partial charge in [0.2, 0.25) is 5.95 Å². The Bertz CT molecular complexity index is 1440. The summed E-state index contributed by atoms with van der Waals surface area (Å²) < 4.78 is 17.3. The zero-order chi connectivity index (χ0) is 26.4. The Kier molecular flexibility index (Phi) is 6.51. The second kappa shape index (κ2) is 9.98. The van der Waals surface area contributed by atoms with E-state index in [4.69, 9.17) is 10.7 Å². The lowest BCUT2D eigenvalue weighted by Gasteiger charge is -2.27. The summed E-state index contributed by atoms with van der Waals surface area (Å²) in [6.45, 7) is 4.60. The van der Waals surface area contributed by atoms with Gasteiger partial charge in [-0.3, -0.25) is 4.57 Å². The third-order valence-corrected chi connectivity index (χ3v) is 8.51. The molecule has 3 atom stereocenters. The summed E-state index contributed by atoms with van der Waals surface area (Å²) in [5.41, 5.74) is 9.33. The van der Waals surface area contributed by atoms with Crippen LogP contribution >= 0.6 is 0 Å². The molecule has 7 nitrogen and oxygen atoms in total. The van der Waals surface area contributed by atoms with E-state index in [1.54, 1.807) is 16.8 Å². The highest BCUT2D eigenvalue weighted by Gasteiger charge is 2.34. The van der Waals surface area contributed by atoms with Crippen molar-refractivity contribution < 1.29 is 4.39 Å². The molecule has 0 radical (unpaired) electrons. The molecule has 0 bridgehead atoms. The van der Waals surface area contributed by atoms with E-state index in [2.05, 4.69) is 65.3 Å². The topological polar surface area (TPSA) is 84.9 Å². The molecular formula is C30H36FN7. The Hall–Kier alpha value is -3.52. The zero-order valence-corrected chi connectivity index (χ0v) is 22.4. The fourth-order valence-electron chi connectivity index (χ4n) is 5.94. The molecule has 4 aromatic rings. The Morgan fingerprint density at radius 1 is 1.08 bits per heavy atom. The SMILES string of the molecule is CCC(CC1CCC(C)N1C)c1ccc(Nc2ncc3c(F)c(C4CC4)n(-c4cccc(N)n4)c3n2)cc1. The third kappa shape index (κ3) is 4.62. The van der Waals surface area contributed by atoms with Gasteiger partial charge in [-0.05, 0) is 88.2 Å². The van der Waals surface area contributed by atoms with Gasteiger partial charge in [-0.15, -0.1) is 0 Å². The van der Waals surface area contributed by atoms with Crippen LogP contribution < -0.4 is 11.1 Å². The third-order valence-electron chi connectivity index (χ3n) is 8.51. The summed E-state index contributed by atoms with van der Waals surface area (Å²) in [6, 6.07) is 15.3. The number of nitrogens with zero attached hydrogens (tertiary/aromatic N) is 5. The first-order chi connectivity index (χ1) is 18.4. The molecule has 3 unspecified atom stereocenters. The highest BCUT2D eigenvalue weighted by Crippen LogP contribution is 2.45. The first-order valence-corrected chi connectivity index (χ1v) is 13.8. The molecule has 1 aliphatic heterocycles. The van der Waals surface area contributed by atoms with Gasteiger partial charge >= 0.3 is 0 Å². The van der Waals surface area contributed by atoms with Gasteiger partial charge in [-0.1, -0.05) is 25.1 Å². The molecule has 3 N–H and O–H groups in total. The van der Waals surface area contributed by atoms with Gasteiger partial charge in [0.05, 0.1) is 11.1 Å². The van der Waals surface area contributed by atoms with E-state index >= 15 is 4.39 Å². The lowest BCUT2D eigenvalue weighted by Crippen LogP contribution is -2.31. The number of likely N-dealkylation sites (tertiary alicyclic amines) is 1. The number of nitrogens with one attached hydrogen (secondary N) is 1. The standard InChI is InChI=1S/C30H36FN7/c1-4-19(16-23-15-8-18(2)37(23)3)20-11-13-22(14-12-20)34-30-33-17-24-27(31)28(21-9-10-21)38(29(24)36-30)26-7-5-6-25(32)35-26/h5-7,11-14,17-19,21,23H,4,8-10,15-16H2,1-3H3,(H2,32,35)(H,33,34,36). The molecule has 198 valence electrons. The van der Waals surface area contributed by atoms with E-state index in [1.165, 1.54) is 24.8 Å². The summed E-state index contributed by atoms with van der Waals surface area (Å²) in [6.07, 6.45) is 8.35. The van der Waals surface area contributed by atoms with Gasteiger partial charge in [0, 0.05) is 29.9 Å². The number of rotatable bonds is 8. The second-order valence-corrected chi connectivity index (χ2v) is 11.0. The van der Waals surface area contributed by atoms with Crippen LogP contribution in [0.2, 0.25) is 0 Å². The zero-order valence-electron chi connectivity index (χ0n) is 22.4. The smallest absolute Gasteiger partial charge is 0.229 e.